The monoisotopic (exact) mass is 449 g/mol. The van der Waals surface area contributed by atoms with Gasteiger partial charge in [0.05, 0.1) is 12.3 Å². The van der Waals surface area contributed by atoms with Crippen LogP contribution in [0.3, 0.4) is 0 Å². The summed E-state index contributed by atoms with van der Waals surface area (Å²) in [6, 6.07) is 12.8. The lowest BCUT2D eigenvalue weighted by Crippen LogP contribution is -2.34. The van der Waals surface area contributed by atoms with E-state index in [1.165, 1.54) is 12.8 Å². The zero-order valence-corrected chi connectivity index (χ0v) is 19.0. The molecule has 0 N–H and O–H groups in total. The Bertz CT molecular complexity index is 901. The third-order valence-corrected chi connectivity index (χ3v) is 5.51. The second kappa shape index (κ2) is 11.5. The van der Waals surface area contributed by atoms with Gasteiger partial charge in [0, 0.05) is 44.1 Å². The molecular weight excluding hydrogens is 421 g/mol. The second-order valence-corrected chi connectivity index (χ2v) is 7.38. The van der Waals surface area contributed by atoms with E-state index in [9.17, 15) is 0 Å². The summed E-state index contributed by atoms with van der Waals surface area (Å²) in [4.78, 5) is 11.5. The van der Waals surface area contributed by atoms with Gasteiger partial charge >= 0.3 is 0 Å². The molecule has 7 heteroatoms. The number of aryl methyl sites for hydroxylation is 1. The summed E-state index contributed by atoms with van der Waals surface area (Å²) >= 11 is 0. The normalized spacial score (nSPS) is 16.1. The van der Waals surface area contributed by atoms with E-state index in [2.05, 4.69) is 40.2 Å². The van der Waals surface area contributed by atoms with Crippen molar-refractivity contribution in [3.05, 3.63) is 60.2 Å². The molecule has 3 heterocycles. The fraction of sp³-hybridized carbons (Fsp3) is 0.391. The number of benzene rings is 1. The van der Waals surface area contributed by atoms with Gasteiger partial charge in [0.2, 0.25) is 5.89 Å². The predicted octanol–water partition coefficient (Wildman–Crippen LogP) is 5.21. The topological polar surface area (TPSA) is 51.4 Å². The fourth-order valence-corrected chi connectivity index (χ4v) is 3.94. The van der Waals surface area contributed by atoms with Crippen LogP contribution in [-0.2, 0) is 11.2 Å². The number of rotatable bonds is 7. The summed E-state index contributed by atoms with van der Waals surface area (Å²) in [5, 5.41) is 0. The molecule has 0 saturated carbocycles. The molecule has 5 nitrogen and oxygen atoms in total. The predicted molar refractivity (Wildman–Crippen MR) is 125 cm³/mol. The number of likely N-dealkylation sites (tertiary alicyclic amines) is 1. The maximum absolute atomic E-state index is 5.97. The molecule has 30 heavy (non-hydrogen) atoms. The fourth-order valence-electron chi connectivity index (χ4n) is 3.94. The molecule has 1 aliphatic heterocycles. The molecule has 1 atom stereocenters. The summed E-state index contributed by atoms with van der Waals surface area (Å²) < 4.78 is 11.3. The van der Waals surface area contributed by atoms with Crippen LogP contribution in [0.4, 0.5) is 0 Å². The number of ether oxygens (including phenoxy) is 1. The molecule has 4 rings (SSSR count). The van der Waals surface area contributed by atoms with Crippen molar-refractivity contribution in [3.63, 3.8) is 0 Å². The highest BCUT2D eigenvalue weighted by molar-refractivity contribution is 5.85. The van der Waals surface area contributed by atoms with Crippen molar-refractivity contribution in [3.8, 4) is 22.6 Å². The van der Waals surface area contributed by atoms with E-state index in [1.807, 2.05) is 19.2 Å². The third-order valence-electron chi connectivity index (χ3n) is 5.51. The zero-order chi connectivity index (χ0) is 19.3. The number of aromatic nitrogens is 2. The van der Waals surface area contributed by atoms with E-state index in [4.69, 9.17) is 14.1 Å². The number of hydrogen-bond donors (Lipinski definition) is 0. The van der Waals surface area contributed by atoms with Crippen LogP contribution >= 0.6 is 24.8 Å². The first-order valence-electron chi connectivity index (χ1n) is 9.94. The minimum absolute atomic E-state index is 0. The van der Waals surface area contributed by atoms with E-state index in [0.717, 1.165) is 54.3 Å². The number of halogens is 2. The van der Waals surface area contributed by atoms with Crippen molar-refractivity contribution >= 4 is 24.8 Å². The summed E-state index contributed by atoms with van der Waals surface area (Å²) in [6.45, 7) is 4.97. The Labute approximate surface area is 190 Å². The minimum atomic E-state index is 0. The van der Waals surface area contributed by atoms with E-state index < -0.39 is 0 Å². The number of nitrogens with zero attached hydrogens (tertiary/aromatic N) is 3. The maximum atomic E-state index is 5.97. The van der Waals surface area contributed by atoms with Gasteiger partial charge in [-0.3, -0.25) is 9.88 Å². The van der Waals surface area contributed by atoms with Crippen molar-refractivity contribution in [2.75, 3.05) is 26.8 Å². The lowest BCUT2D eigenvalue weighted by molar-refractivity contribution is 0.116. The van der Waals surface area contributed by atoms with Gasteiger partial charge in [-0.05, 0) is 55.6 Å². The number of methoxy groups -OCH3 is 1. The Hall–Kier alpha value is -1.92. The molecule has 1 aliphatic rings. The van der Waals surface area contributed by atoms with Crippen LogP contribution in [0.25, 0.3) is 22.6 Å². The van der Waals surface area contributed by atoms with Crippen LogP contribution in [0.15, 0.2) is 53.2 Å². The van der Waals surface area contributed by atoms with Crippen LogP contribution < -0.4 is 0 Å². The highest BCUT2D eigenvalue weighted by Crippen LogP contribution is 2.26. The van der Waals surface area contributed by atoms with Gasteiger partial charge < -0.3 is 9.15 Å². The van der Waals surface area contributed by atoms with Gasteiger partial charge in [-0.1, -0.05) is 18.2 Å². The SMILES string of the molecule is COCC1CCCN1CCc1nc(-c2ccc(-c3cccnc3)cc2)oc1C.Cl.Cl. The smallest absolute Gasteiger partial charge is 0.226 e. The van der Waals surface area contributed by atoms with Gasteiger partial charge in [-0.2, -0.15) is 0 Å². The molecule has 1 fully saturated rings. The van der Waals surface area contributed by atoms with E-state index in [-0.39, 0.29) is 24.8 Å². The van der Waals surface area contributed by atoms with Crippen molar-refractivity contribution in [1.29, 1.82) is 0 Å². The summed E-state index contributed by atoms with van der Waals surface area (Å²) in [5.41, 5.74) is 4.29. The summed E-state index contributed by atoms with van der Waals surface area (Å²) in [5.74, 6) is 1.61. The third kappa shape index (κ3) is 5.61. The Morgan fingerprint density at radius 3 is 2.57 bits per heavy atom. The first kappa shape index (κ1) is 24.4. The molecule has 162 valence electrons. The van der Waals surface area contributed by atoms with Gasteiger partial charge in [0.25, 0.3) is 0 Å². The molecule has 0 bridgehead atoms. The van der Waals surface area contributed by atoms with E-state index in [0.29, 0.717) is 11.9 Å². The Balaban J connectivity index is 0.00000160. The number of pyridine rings is 1. The van der Waals surface area contributed by atoms with Crippen molar-refractivity contribution in [2.45, 2.75) is 32.2 Å². The van der Waals surface area contributed by atoms with Gasteiger partial charge in [0.1, 0.15) is 5.76 Å². The van der Waals surface area contributed by atoms with Crippen molar-refractivity contribution in [2.24, 2.45) is 0 Å². The highest BCUT2D eigenvalue weighted by atomic mass is 35.5. The average molecular weight is 450 g/mol. The van der Waals surface area contributed by atoms with Crippen molar-refractivity contribution < 1.29 is 9.15 Å². The van der Waals surface area contributed by atoms with Crippen LogP contribution in [0.2, 0.25) is 0 Å². The Morgan fingerprint density at radius 2 is 1.87 bits per heavy atom. The average Bonchev–Trinajstić information content (AvgIpc) is 3.33. The lowest BCUT2D eigenvalue weighted by atomic mass is 10.1. The molecule has 0 aliphatic carbocycles. The van der Waals surface area contributed by atoms with Gasteiger partial charge in [-0.15, -0.1) is 24.8 Å². The first-order valence-corrected chi connectivity index (χ1v) is 9.94. The maximum Gasteiger partial charge on any atom is 0.226 e. The largest absolute Gasteiger partial charge is 0.441 e. The molecule has 0 spiro atoms. The molecule has 0 amide bonds. The van der Waals surface area contributed by atoms with E-state index in [1.54, 1.807) is 13.3 Å². The standard InChI is InChI=1S/C23H27N3O2.2ClH/c1-17-22(11-14-26-13-4-6-21(26)16-27-2)25-23(28-17)19-9-7-18(8-10-19)20-5-3-12-24-15-20;;/h3,5,7-10,12,15,21H,4,6,11,13-14,16H2,1-2H3;2*1H. The first-order chi connectivity index (χ1) is 13.7. The number of hydrogen-bond acceptors (Lipinski definition) is 5. The molecule has 1 saturated heterocycles. The van der Waals surface area contributed by atoms with Crippen molar-refractivity contribution in [1.82, 2.24) is 14.9 Å². The Kier molecular flexibility index (Phi) is 9.31. The van der Waals surface area contributed by atoms with E-state index >= 15 is 0 Å². The molecular formula is C23H29Cl2N3O2. The lowest BCUT2D eigenvalue weighted by Gasteiger charge is -2.23. The van der Waals surface area contributed by atoms with Gasteiger partial charge in [-0.25, -0.2) is 4.98 Å². The zero-order valence-electron chi connectivity index (χ0n) is 17.4. The molecule has 3 aromatic rings. The quantitative estimate of drug-likeness (QED) is 0.495. The summed E-state index contributed by atoms with van der Waals surface area (Å²) in [7, 11) is 1.78. The molecule has 1 unspecified atom stereocenters. The van der Waals surface area contributed by atoms with Crippen LogP contribution in [0, 0.1) is 6.92 Å². The summed E-state index contributed by atoms with van der Waals surface area (Å²) in [6.07, 6.45) is 7.04. The van der Waals surface area contributed by atoms with Gasteiger partial charge in [0.15, 0.2) is 0 Å². The Morgan fingerprint density at radius 1 is 1.10 bits per heavy atom. The highest BCUT2D eigenvalue weighted by Gasteiger charge is 2.24. The molecule has 1 aromatic carbocycles. The second-order valence-electron chi connectivity index (χ2n) is 7.38. The minimum Gasteiger partial charge on any atom is -0.441 e. The molecule has 2 aromatic heterocycles. The van der Waals surface area contributed by atoms with Crippen LogP contribution in [0.5, 0.6) is 0 Å². The van der Waals surface area contributed by atoms with Crippen LogP contribution in [-0.4, -0.2) is 47.7 Å². The number of oxazole rings is 1. The van der Waals surface area contributed by atoms with Crippen LogP contribution in [0.1, 0.15) is 24.3 Å². The molecule has 0 radical (unpaired) electrons.